The lowest BCUT2D eigenvalue weighted by Crippen LogP contribution is -2.33. The van der Waals surface area contributed by atoms with Crippen molar-refractivity contribution in [2.75, 3.05) is 11.9 Å². The van der Waals surface area contributed by atoms with Gasteiger partial charge < -0.3 is 4.90 Å². The third kappa shape index (κ3) is 0.744. The summed E-state index contributed by atoms with van der Waals surface area (Å²) >= 11 is 0. The summed E-state index contributed by atoms with van der Waals surface area (Å²) in [5.74, 6) is 0. The van der Waals surface area contributed by atoms with Crippen LogP contribution in [0.2, 0.25) is 0 Å². The number of rotatable bonds is 0. The lowest BCUT2D eigenvalue weighted by molar-refractivity contribution is 0.342. The maximum absolute atomic E-state index is 4.24. The molecule has 2 heterocycles. The summed E-state index contributed by atoms with van der Waals surface area (Å²) < 4.78 is 0. The van der Waals surface area contributed by atoms with Crippen LogP contribution in [0.1, 0.15) is 5.56 Å². The van der Waals surface area contributed by atoms with Crippen molar-refractivity contribution in [1.29, 1.82) is 0 Å². The lowest BCUT2D eigenvalue weighted by atomic mass is 10.1. The van der Waals surface area contributed by atoms with E-state index in [0.29, 0.717) is 0 Å². The SMILES string of the molecule is C=C1c2ccccc2N2C=NN(C)[C@@H]12. The van der Waals surface area contributed by atoms with Crippen LogP contribution in [0.3, 0.4) is 0 Å². The summed E-state index contributed by atoms with van der Waals surface area (Å²) in [7, 11) is 1.97. The van der Waals surface area contributed by atoms with Gasteiger partial charge in [0.25, 0.3) is 0 Å². The first-order valence-electron chi connectivity index (χ1n) is 4.62. The van der Waals surface area contributed by atoms with E-state index in [9.17, 15) is 0 Å². The molecule has 0 N–H and O–H groups in total. The minimum atomic E-state index is 0.187. The zero-order valence-electron chi connectivity index (χ0n) is 8.01. The third-order valence-corrected chi connectivity index (χ3v) is 2.82. The predicted molar refractivity (Wildman–Crippen MR) is 58.0 cm³/mol. The van der Waals surface area contributed by atoms with Crippen molar-refractivity contribution >= 4 is 17.6 Å². The number of anilines is 1. The van der Waals surface area contributed by atoms with Crippen molar-refractivity contribution in [2.45, 2.75) is 6.17 Å². The van der Waals surface area contributed by atoms with Crippen molar-refractivity contribution in [3.63, 3.8) is 0 Å². The predicted octanol–water partition coefficient (Wildman–Crippen LogP) is 1.73. The van der Waals surface area contributed by atoms with Gasteiger partial charge in [-0.25, -0.2) is 0 Å². The van der Waals surface area contributed by atoms with Crippen molar-refractivity contribution < 1.29 is 0 Å². The number of benzene rings is 1. The summed E-state index contributed by atoms with van der Waals surface area (Å²) in [4.78, 5) is 2.15. The van der Waals surface area contributed by atoms with E-state index in [2.05, 4.69) is 28.7 Å². The van der Waals surface area contributed by atoms with Gasteiger partial charge in [-0.2, -0.15) is 5.10 Å². The normalized spacial score (nSPS) is 22.9. The first kappa shape index (κ1) is 7.62. The van der Waals surface area contributed by atoms with Crippen LogP contribution in [0.25, 0.3) is 5.57 Å². The van der Waals surface area contributed by atoms with E-state index in [0.717, 1.165) is 5.57 Å². The van der Waals surface area contributed by atoms with Crippen molar-refractivity contribution in [2.24, 2.45) is 5.10 Å². The number of hydrazone groups is 1. The first-order chi connectivity index (χ1) is 6.79. The summed E-state index contributed by atoms with van der Waals surface area (Å²) in [6.45, 7) is 4.13. The van der Waals surface area contributed by atoms with E-state index in [4.69, 9.17) is 0 Å². The number of fused-ring (bicyclic) bond motifs is 3. The van der Waals surface area contributed by atoms with Gasteiger partial charge in [0.2, 0.25) is 0 Å². The highest BCUT2D eigenvalue weighted by atomic mass is 15.6. The molecule has 0 saturated carbocycles. The van der Waals surface area contributed by atoms with Gasteiger partial charge in [-0.3, -0.25) is 5.01 Å². The Labute approximate surface area is 82.9 Å². The van der Waals surface area contributed by atoms with Crippen LogP contribution >= 0.6 is 0 Å². The zero-order valence-corrected chi connectivity index (χ0v) is 8.01. The molecule has 1 atom stereocenters. The molecule has 3 rings (SSSR count). The summed E-state index contributed by atoms with van der Waals surface area (Å²) in [5.41, 5.74) is 3.56. The summed E-state index contributed by atoms with van der Waals surface area (Å²) in [5, 5.41) is 6.18. The molecule has 2 aliphatic heterocycles. The fourth-order valence-corrected chi connectivity index (χ4v) is 2.14. The Hall–Kier alpha value is -1.77. The molecule has 0 spiro atoms. The van der Waals surface area contributed by atoms with Crippen LogP contribution in [0, 0.1) is 0 Å². The van der Waals surface area contributed by atoms with Crippen LogP contribution in [0.4, 0.5) is 5.69 Å². The van der Waals surface area contributed by atoms with E-state index in [-0.39, 0.29) is 6.17 Å². The number of hydrogen-bond acceptors (Lipinski definition) is 3. The highest BCUT2D eigenvalue weighted by Crippen LogP contribution is 2.41. The first-order valence-corrected chi connectivity index (χ1v) is 4.62. The summed E-state index contributed by atoms with van der Waals surface area (Å²) in [6, 6.07) is 8.30. The van der Waals surface area contributed by atoms with Gasteiger partial charge in [0, 0.05) is 12.6 Å². The molecular formula is C11H11N3. The van der Waals surface area contributed by atoms with Gasteiger partial charge in [0.05, 0.1) is 5.69 Å². The van der Waals surface area contributed by atoms with Gasteiger partial charge in [0.1, 0.15) is 12.5 Å². The topological polar surface area (TPSA) is 18.8 Å². The zero-order chi connectivity index (χ0) is 9.71. The molecule has 70 valence electrons. The molecule has 2 aliphatic rings. The minimum absolute atomic E-state index is 0.187. The van der Waals surface area contributed by atoms with Crippen molar-refractivity contribution in [3.8, 4) is 0 Å². The smallest absolute Gasteiger partial charge is 0.149 e. The molecule has 0 saturated heterocycles. The van der Waals surface area contributed by atoms with E-state index in [1.807, 2.05) is 30.5 Å². The minimum Gasteiger partial charge on any atom is -0.304 e. The molecule has 3 nitrogen and oxygen atoms in total. The summed E-state index contributed by atoms with van der Waals surface area (Å²) in [6.07, 6.45) is 2.05. The molecule has 0 fully saturated rings. The number of nitrogens with zero attached hydrogens (tertiary/aromatic N) is 3. The van der Waals surface area contributed by atoms with Crippen LogP contribution in [0.5, 0.6) is 0 Å². The van der Waals surface area contributed by atoms with Crippen LogP contribution in [-0.2, 0) is 0 Å². The van der Waals surface area contributed by atoms with Crippen LogP contribution < -0.4 is 4.90 Å². The maximum Gasteiger partial charge on any atom is 0.149 e. The molecule has 1 aromatic rings. The molecule has 3 heteroatoms. The Bertz CT molecular complexity index is 436. The molecule has 0 amide bonds. The van der Waals surface area contributed by atoms with Crippen LogP contribution in [-0.4, -0.2) is 24.6 Å². The molecule has 0 bridgehead atoms. The maximum atomic E-state index is 4.24. The largest absolute Gasteiger partial charge is 0.304 e. The molecule has 0 aliphatic carbocycles. The Morgan fingerprint density at radius 2 is 2.14 bits per heavy atom. The number of hydrogen-bond donors (Lipinski definition) is 0. The Balaban J connectivity index is 2.19. The second kappa shape index (κ2) is 2.38. The Morgan fingerprint density at radius 1 is 1.36 bits per heavy atom. The quantitative estimate of drug-likeness (QED) is 0.613. The standard InChI is InChI=1S/C11H11N3/c1-8-9-5-3-4-6-10(9)14-7-12-13(2)11(8)14/h3-7,11H,1H2,2H3/t11-/m1/s1. The molecule has 1 aromatic carbocycles. The fraction of sp³-hybridized carbons (Fsp3) is 0.182. The van der Waals surface area contributed by atoms with Crippen LogP contribution in [0.15, 0.2) is 35.9 Å². The van der Waals surface area contributed by atoms with Gasteiger partial charge in [-0.05, 0) is 11.6 Å². The van der Waals surface area contributed by atoms with Gasteiger partial charge >= 0.3 is 0 Å². The molecule has 0 aromatic heterocycles. The van der Waals surface area contributed by atoms with E-state index >= 15 is 0 Å². The highest BCUT2D eigenvalue weighted by Gasteiger charge is 2.37. The highest BCUT2D eigenvalue weighted by molar-refractivity contribution is 5.98. The van der Waals surface area contributed by atoms with E-state index in [1.165, 1.54) is 11.3 Å². The van der Waals surface area contributed by atoms with Crippen molar-refractivity contribution in [3.05, 3.63) is 36.4 Å². The lowest BCUT2D eigenvalue weighted by Gasteiger charge is -2.21. The number of para-hydroxylation sites is 1. The van der Waals surface area contributed by atoms with Crippen molar-refractivity contribution in [1.82, 2.24) is 5.01 Å². The third-order valence-electron chi connectivity index (χ3n) is 2.82. The molecule has 0 radical (unpaired) electrons. The second-order valence-corrected chi connectivity index (χ2v) is 3.63. The fourth-order valence-electron chi connectivity index (χ4n) is 2.14. The average molecular weight is 185 g/mol. The second-order valence-electron chi connectivity index (χ2n) is 3.63. The Morgan fingerprint density at radius 3 is 3.00 bits per heavy atom. The van der Waals surface area contributed by atoms with E-state index in [1.54, 1.807) is 0 Å². The van der Waals surface area contributed by atoms with E-state index < -0.39 is 0 Å². The monoisotopic (exact) mass is 185 g/mol. The number of likely N-dealkylation sites (N-methyl/N-ethyl adjacent to an activating group) is 1. The van der Waals surface area contributed by atoms with Gasteiger partial charge in [-0.15, -0.1) is 0 Å². The molecule has 0 unspecified atom stereocenters. The average Bonchev–Trinajstić information content (AvgIpc) is 2.70. The Kier molecular flexibility index (Phi) is 1.29. The van der Waals surface area contributed by atoms with Gasteiger partial charge in [0.15, 0.2) is 0 Å². The molecule has 14 heavy (non-hydrogen) atoms. The van der Waals surface area contributed by atoms with Gasteiger partial charge in [-0.1, -0.05) is 24.8 Å². The molecular weight excluding hydrogens is 174 g/mol.